The summed E-state index contributed by atoms with van der Waals surface area (Å²) in [5, 5.41) is 10.1. The Morgan fingerprint density at radius 1 is 0.962 bits per heavy atom. The summed E-state index contributed by atoms with van der Waals surface area (Å²) in [6.45, 7) is 6.51. The second-order valence-corrected chi connectivity index (χ2v) is 9.45. The Labute approximate surface area is 160 Å². The summed E-state index contributed by atoms with van der Waals surface area (Å²) in [6, 6.07) is 0. The Bertz CT molecular complexity index is 396. The van der Waals surface area contributed by atoms with Gasteiger partial charge in [-0.1, -0.05) is 39.5 Å². The molecule has 2 saturated carbocycles. The molecule has 1 saturated heterocycles. The number of aliphatic hydroxyl groups is 1. The van der Waals surface area contributed by atoms with Crippen molar-refractivity contribution < 1.29 is 19.3 Å². The van der Waals surface area contributed by atoms with Crippen molar-refractivity contribution in [2.24, 2.45) is 17.8 Å². The van der Waals surface area contributed by atoms with Crippen LogP contribution >= 0.6 is 0 Å². The van der Waals surface area contributed by atoms with Crippen molar-refractivity contribution in [3.05, 3.63) is 0 Å². The van der Waals surface area contributed by atoms with Gasteiger partial charge in [-0.3, -0.25) is 0 Å². The molecule has 26 heavy (non-hydrogen) atoms. The van der Waals surface area contributed by atoms with Gasteiger partial charge in [-0.15, -0.1) is 0 Å². The lowest BCUT2D eigenvalue weighted by Gasteiger charge is -2.35. The largest absolute Gasteiger partial charge is 0.391 e. The molecule has 0 amide bonds. The number of ether oxygens (including phenoxy) is 3. The van der Waals surface area contributed by atoms with E-state index in [1.807, 2.05) is 0 Å². The van der Waals surface area contributed by atoms with Gasteiger partial charge in [-0.2, -0.15) is 0 Å². The minimum absolute atomic E-state index is 0.304. The van der Waals surface area contributed by atoms with Gasteiger partial charge in [0.15, 0.2) is 0 Å². The maximum atomic E-state index is 10.1. The first-order valence-electron chi connectivity index (χ1n) is 11.1. The zero-order chi connectivity index (χ0) is 18.4. The van der Waals surface area contributed by atoms with Crippen LogP contribution in [0.25, 0.3) is 0 Å². The van der Waals surface area contributed by atoms with E-state index in [0.29, 0.717) is 30.8 Å². The number of aliphatic hydroxyl groups excluding tert-OH is 1. The van der Waals surface area contributed by atoms with Crippen molar-refractivity contribution in [2.75, 3.05) is 19.8 Å². The van der Waals surface area contributed by atoms with E-state index in [2.05, 4.69) is 13.8 Å². The lowest BCUT2D eigenvalue weighted by Crippen LogP contribution is -2.30. The van der Waals surface area contributed by atoms with Crippen molar-refractivity contribution in [1.29, 1.82) is 0 Å². The van der Waals surface area contributed by atoms with E-state index in [1.54, 1.807) is 0 Å². The van der Waals surface area contributed by atoms with Crippen LogP contribution in [0.5, 0.6) is 0 Å². The van der Waals surface area contributed by atoms with Crippen LogP contribution in [0.3, 0.4) is 0 Å². The maximum Gasteiger partial charge on any atom is 0.104 e. The van der Waals surface area contributed by atoms with Crippen LogP contribution in [0.2, 0.25) is 0 Å². The fourth-order valence-electron chi connectivity index (χ4n) is 4.95. The van der Waals surface area contributed by atoms with Gasteiger partial charge in [0.1, 0.15) is 6.10 Å². The van der Waals surface area contributed by atoms with E-state index in [-0.39, 0.29) is 6.10 Å². The van der Waals surface area contributed by atoms with Gasteiger partial charge in [0.05, 0.1) is 38.1 Å². The van der Waals surface area contributed by atoms with Crippen LogP contribution in [-0.2, 0) is 14.2 Å². The molecule has 3 fully saturated rings. The monoisotopic (exact) mass is 368 g/mol. The first kappa shape index (κ1) is 20.6. The predicted octanol–water partition coefficient (Wildman–Crippen LogP) is 4.33. The Hall–Kier alpha value is -0.160. The smallest absolute Gasteiger partial charge is 0.104 e. The van der Waals surface area contributed by atoms with E-state index < -0.39 is 0 Å². The second kappa shape index (κ2) is 10.4. The van der Waals surface area contributed by atoms with Gasteiger partial charge < -0.3 is 19.3 Å². The van der Waals surface area contributed by atoms with Gasteiger partial charge >= 0.3 is 0 Å². The Kier molecular flexibility index (Phi) is 8.23. The average Bonchev–Trinajstić information content (AvgIpc) is 3.43. The van der Waals surface area contributed by atoms with Crippen molar-refractivity contribution >= 4 is 0 Å². The minimum Gasteiger partial charge on any atom is -0.391 e. The van der Waals surface area contributed by atoms with Crippen LogP contribution in [0, 0.1) is 17.8 Å². The third-order valence-electron chi connectivity index (χ3n) is 6.32. The molecule has 0 bridgehead atoms. The molecule has 0 spiro atoms. The van der Waals surface area contributed by atoms with E-state index in [9.17, 15) is 5.11 Å². The minimum atomic E-state index is -0.304. The van der Waals surface area contributed by atoms with Crippen LogP contribution < -0.4 is 0 Å². The SMILES string of the molecule is CC(C)CC(O)COC1CCCC(CC2CCCC(OCC3CO3)C2)C1. The Balaban J connectivity index is 1.34. The summed E-state index contributed by atoms with van der Waals surface area (Å²) in [4.78, 5) is 0. The van der Waals surface area contributed by atoms with Crippen molar-refractivity contribution in [1.82, 2.24) is 0 Å². The first-order valence-corrected chi connectivity index (χ1v) is 11.1. The third kappa shape index (κ3) is 7.46. The first-order chi connectivity index (χ1) is 12.6. The molecule has 4 heteroatoms. The highest BCUT2D eigenvalue weighted by Crippen LogP contribution is 2.37. The molecule has 4 nitrogen and oxygen atoms in total. The zero-order valence-corrected chi connectivity index (χ0v) is 16.9. The quantitative estimate of drug-likeness (QED) is 0.583. The highest BCUT2D eigenvalue weighted by atomic mass is 16.6. The number of epoxide rings is 1. The normalized spacial score (nSPS) is 36.2. The third-order valence-corrected chi connectivity index (χ3v) is 6.32. The van der Waals surface area contributed by atoms with E-state index in [1.165, 1.54) is 57.8 Å². The zero-order valence-electron chi connectivity index (χ0n) is 16.9. The van der Waals surface area contributed by atoms with Gasteiger partial charge in [0.25, 0.3) is 0 Å². The molecule has 0 aromatic carbocycles. The molecule has 0 radical (unpaired) electrons. The molecule has 0 aromatic rings. The number of hydrogen-bond acceptors (Lipinski definition) is 4. The fourth-order valence-corrected chi connectivity index (χ4v) is 4.95. The molecular weight excluding hydrogens is 328 g/mol. The molecule has 152 valence electrons. The van der Waals surface area contributed by atoms with Gasteiger partial charge in [-0.25, -0.2) is 0 Å². The number of rotatable bonds is 10. The predicted molar refractivity (Wildman–Crippen MR) is 103 cm³/mol. The molecule has 6 unspecified atom stereocenters. The second-order valence-electron chi connectivity index (χ2n) is 9.45. The van der Waals surface area contributed by atoms with Crippen LogP contribution in [0.15, 0.2) is 0 Å². The average molecular weight is 369 g/mol. The van der Waals surface area contributed by atoms with E-state index in [4.69, 9.17) is 14.2 Å². The summed E-state index contributed by atoms with van der Waals surface area (Å²) < 4.78 is 17.4. The van der Waals surface area contributed by atoms with Crippen LogP contribution in [0.4, 0.5) is 0 Å². The molecular formula is C22H40O4. The molecule has 1 aliphatic heterocycles. The lowest BCUT2D eigenvalue weighted by atomic mass is 9.76. The highest BCUT2D eigenvalue weighted by Gasteiger charge is 2.30. The topological polar surface area (TPSA) is 51.2 Å². The fraction of sp³-hybridized carbons (Fsp3) is 1.00. The van der Waals surface area contributed by atoms with Crippen LogP contribution in [0.1, 0.15) is 78.1 Å². The molecule has 1 N–H and O–H groups in total. The van der Waals surface area contributed by atoms with E-state index in [0.717, 1.165) is 31.5 Å². The maximum absolute atomic E-state index is 10.1. The van der Waals surface area contributed by atoms with Gasteiger partial charge in [0, 0.05) is 0 Å². The standard InChI is InChI=1S/C22H40O4/c1-16(2)9-19(23)13-24-20-7-3-5-17(11-20)10-18-6-4-8-21(12-18)25-14-22-15-26-22/h16-23H,3-15H2,1-2H3. The lowest BCUT2D eigenvalue weighted by molar-refractivity contribution is -0.0420. The molecule has 1 heterocycles. The van der Waals surface area contributed by atoms with Gasteiger partial charge in [-0.05, 0) is 56.3 Å². The van der Waals surface area contributed by atoms with Crippen LogP contribution in [-0.4, -0.2) is 49.3 Å². The summed E-state index contributed by atoms with van der Waals surface area (Å²) in [5.74, 6) is 2.15. The summed E-state index contributed by atoms with van der Waals surface area (Å²) in [5.41, 5.74) is 0. The highest BCUT2D eigenvalue weighted by molar-refractivity contribution is 4.81. The molecule has 2 aliphatic carbocycles. The van der Waals surface area contributed by atoms with Crippen molar-refractivity contribution in [2.45, 2.75) is 102 Å². The molecule has 6 atom stereocenters. The van der Waals surface area contributed by atoms with Crippen molar-refractivity contribution in [3.8, 4) is 0 Å². The Morgan fingerprint density at radius 2 is 1.58 bits per heavy atom. The van der Waals surface area contributed by atoms with Crippen molar-refractivity contribution in [3.63, 3.8) is 0 Å². The Morgan fingerprint density at radius 3 is 2.15 bits per heavy atom. The summed E-state index contributed by atoms with van der Waals surface area (Å²) in [6.07, 6.45) is 13.2. The molecule has 0 aromatic heterocycles. The summed E-state index contributed by atoms with van der Waals surface area (Å²) in [7, 11) is 0. The number of hydrogen-bond donors (Lipinski definition) is 1. The van der Waals surface area contributed by atoms with Gasteiger partial charge in [0.2, 0.25) is 0 Å². The summed E-state index contributed by atoms with van der Waals surface area (Å²) >= 11 is 0. The molecule has 3 rings (SSSR count). The van der Waals surface area contributed by atoms with E-state index >= 15 is 0 Å². The molecule has 3 aliphatic rings.